The molecule has 2 unspecified atom stereocenters. The minimum atomic E-state index is -0.566. The molecule has 1 amide bonds. The molecule has 0 heterocycles. The van der Waals surface area contributed by atoms with Crippen molar-refractivity contribution in [2.45, 2.75) is 25.3 Å². The van der Waals surface area contributed by atoms with E-state index < -0.39 is 10.8 Å². The third-order valence-electron chi connectivity index (χ3n) is 3.92. The second-order valence-corrected chi connectivity index (χ2v) is 5.15. The first-order valence-electron chi connectivity index (χ1n) is 6.90. The van der Waals surface area contributed by atoms with Crippen molar-refractivity contribution in [2.75, 3.05) is 13.7 Å². The zero-order valence-electron chi connectivity index (χ0n) is 11.9. The molecule has 21 heavy (non-hydrogen) atoms. The van der Waals surface area contributed by atoms with Gasteiger partial charge in [0.1, 0.15) is 11.3 Å². The van der Waals surface area contributed by atoms with Crippen LogP contribution >= 0.6 is 0 Å². The van der Waals surface area contributed by atoms with Crippen molar-refractivity contribution in [1.29, 1.82) is 0 Å². The van der Waals surface area contributed by atoms with Crippen LogP contribution in [0.5, 0.6) is 5.75 Å². The second-order valence-electron chi connectivity index (χ2n) is 5.15. The van der Waals surface area contributed by atoms with E-state index in [9.17, 15) is 14.9 Å². The number of nitrogens with one attached hydrogen (secondary N) is 1. The zero-order valence-corrected chi connectivity index (χ0v) is 11.9. The van der Waals surface area contributed by atoms with Crippen molar-refractivity contribution in [3.8, 4) is 5.75 Å². The third kappa shape index (κ3) is 3.30. The Morgan fingerprint density at radius 3 is 2.90 bits per heavy atom. The molecule has 1 aliphatic carbocycles. The summed E-state index contributed by atoms with van der Waals surface area (Å²) in [6, 6.07) is 4.11. The van der Waals surface area contributed by atoms with Crippen LogP contribution in [-0.4, -0.2) is 30.5 Å². The highest BCUT2D eigenvalue weighted by Gasteiger charge is 2.29. The molecule has 7 heteroatoms. The molecule has 0 aromatic heterocycles. The van der Waals surface area contributed by atoms with Gasteiger partial charge in [-0.3, -0.25) is 14.9 Å². The van der Waals surface area contributed by atoms with E-state index in [1.165, 1.54) is 25.3 Å². The molecule has 2 atom stereocenters. The molecule has 114 valence electrons. The van der Waals surface area contributed by atoms with Crippen molar-refractivity contribution in [3.63, 3.8) is 0 Å². The molecule has 0 saturated heterocycles. The summed E-state index contributed by atoms with van der Waals surface area (Å²) >= 11 is 0. The molecule has 1 aromatic rings. The average molecular weight is 293 g/mol. The van der Waals surface area contributed by atoms with Gasteiger partial charge in [0.2, 0.25) is 0 Å². The number of benzene rings is 1. The zero-order chi connectivity index (χ0) is 15.4. The summed E-state index contributed by atoms with van der Waals surface area (Å²) in [4.78, 5) is 22.8. The SMILES string of the molecule is COc1ccc([N+](=O)[O-])c(C(=O)NC2CCCC2CN)c1. The summed E-state index contributed by atoms with van der Waals surface area (Å²) in [7, 11) is 1.45. The van der Waals surface area contributed by atoms with Gasteiger partial charge in [0, 0.05) is 12.1 Å². The van der Waals surface area contributed by atoms with Gasteiger partial charge in [0.05, 0.1) is 12.0 Å². The van der Waals surface area contributed by atoms with Crippen LogP contribution in [0.4, 0.5) is 5.69 Å². The van der Waals surface area contributed by atoms with Gasteiger partial charge < -0.3 is 15.8 Å². The molecule has 1 aliphatic rings. The Hall–Kier alpha value is -2.15. The number of hydrogen-bond acceptors (Lipinski definition) is 5. The molecule has 2 rings (SSSR count). The van der Waals surface area contributed by atoms with E-state index in [4.69, 9.17) is 10.5 Å². The van der Waals surface area contributed by atoms with Crippen LogP contribution in [0.3, 0.4) is 0 Å². The minimum absolute atomic E-state index is 0.0158. The standard InChI is InChI=1S/C14H19N3O4/c1-21-10-5-6-13(17(19)20)11(7-10)14(18)16-12-4-2-3-9(12)8-15/h5-7,9,12H,2-4,8,15H2,1H3,(H,16,18). The largest absolute Gasteiger partial charge is 0.497 e. The number of rotatable bonds is 5. The molecule has 1 saturated carbocycles. The highest BCUT2D eigenvalue weighted by molar-refractivity contribution is 5.98. The first kappa shape index (κ1) is 15.2. The van der Waals surface area contributed by atoms with Crippen LogP contribution in [0.2, 0.25) is 0 Å². The lowest BCUT2D eigenvalue weighted by Gasteiger charge is -2.19. The molecule has 7 nitrogen and oxygen atoms in total. The van der Waals surface area contributed by atoms with E-state index in [1.807, 2.05) is 0 Å². The van der Waals surface area contributed by atoms with Gasteiger partial charge in [-0.05, 0) is 37.4 Å². The Balaban J connectivity index is 2.23. The Morgan fingerprint density at radius 2 is 2.29 bits per heavy atom. The van der Waals surface area contributed by atoms with Gasteiger partial charge >= 0.3 is 0 Å². The molecule has 1 aromatic carbocycles. The van der Waals surface area contributed by atoms with Crippen molar-refractivity contribution >= 4 is 11.6 Å². The van der Waals surface area contributed by atoms with E-state index in [0.29, 0.717) is 12.3 Å². The van der Waals surface area contributed by atoms with Gasteiger partial charge in [-0.1, -0.05) is 6.42 Å². The third-order valence-corrected chi connectivity index (χ3v) is 3.92. The summed E-state index contributed by atoms with van der Waals surface area (Å²) in [6.07, 6.45) is 2.83. The maximum Gasteiger partial charge on any atom is 0.282 e. The van der Waals surface area contributed by atoms with Crippen molar-refractivity contribution in [3.05, 3.63) is 33.9 Å². The molecule has 0 spiro atoms. The van der Waals surface area contributed by atoms with Gasteiger partial charge in [-0.25, -0.2) is 0 Å². The van der Waals surface area contributed by atoms with Crippen molar-refractivity contribution < 1.29 is 14.5 Å². The Bertz CT molecular complexity index is 547. The van der Waals surface area contributed by atoms with Crippen molar-refractivity contribution in [2.24, 2.45) is 11.7 Å². The number of amides is 1. The fraction of sp³-hybridized carbons (Fsp3) is 0.500. The number of hydrogen-bond donors (Lipinski definition) is 2. The molecule has 0 bridgehead atoms. The summed E-state index contributed by atoms with van der Waals surface area (Å²) < 4.78 is 5.03. The quantitative estimate of drug-likeness (QED) is 0.631. The van der Waals surface area contributed by atoms with Gasteiger partial charge in [-0.15, -0.1) is 0 Å². The first-order valence-corrected chi connectivity index (χ1v) is 6.90. The lowest BCUT2D eigenvalue weighted by Crippen LogP contribution is -2.40. The van der Waals surface area contributed by atoms with E-state index >= 15 is 0 Å². The Labute approximate surface area is 122 Å². The number of methoxy groups -OCH3 is 1. The van der Waals surface area contributed by atoms with E-state index in [0.717, 1.165) is 19.3 Å². The maximum atomic E-state index is 12.3. The second kappa shape index (κ2) is 6.53. The summed E-state index contributed by atoms with van der Waals surface area (Å²) in [5.41, 5.74) is 5.47. The Kier molecular flexibility index (Phi) is 4.74. The lowest BCUT2D eigenvalue weighted by atomic mass is 10.0. The van der Waals surface area contributed by atoms with Gasteiger partial charge in [0.15, 0.2) is 0 Å². The van der Waals surface area contributed by atoms with Crippen LogP contribution in [-0.2, 0) is 0 Å². The Morgan fingerprint density at radius 1 is 1.52 bits per heavy atom. The van der Waals surface area contributed by atoms with Gasteiger partial charge in [-0.2, -0.15) is 0 Å². The smallest absolute Gasteiger partial charge is 0.282 e. The van der Waals surface area contributed by atoms with Crippen LogP contribution in [0.1, 0.15) is 29.6 Å². The number of nitrogens with zero attached hydrogens (tertiary/aromatic N) is 1. The number of nitro benzene ring substituents is 1. The predicted octanol–water partition coefficient (Wildman–Crippen LogP) is 1.46. The molecular formula is C14H19N3O4. The number of carbonyl (C=O) groups is 1. The fourth-order valence-corrected chi connectivity index (χ4v) is 2.74. The molecule has 0 aliphatic heterocycles. The van der Waals surface area contributed by atoms with Crippen LogP contribution in [0, 0.1) is 16.0 Å². The summed E-state index contributed by atoms with van der Waals surface area (Å²) in [5.74, 6) is 0.192. The lowest BCUT2D eigenvalue weighted by molar-refractivity contribution is -0.385. The molecular weight excluding hydrogens is 274 g/mol. The number of ether oxygens (including phenoxy) is 1. The highest BCUT2D eigenvalue weighted by atomic mass is 16.6. The van der Waals surface area contributed by atoms with E-state index in [-0.39, 0.29) is 23.2 Å². The average Bonchev–Trinajstić information content (AvgIpc) is 2.93. The maximum absolute atomic E-state index is 12.3. The fourth-order valence-electron chi connectivity index (χ4n) is 2.74. The van der Waals surface area contributed by atoms with Crippen LogP contribution < -0.4 is 15.8 Å². The summed E-state index contributed by atoms with van der Waals surface area (Å²) in [6.45, 7) is 0.505. The number of nitro groups is 1. The predicted molar refractivity (Wildman–Crippen MR) is 77.3 cm³/mol. The first-order chi connectivity index (χ1) is 10.1. The monoisotopic (exact) mass is 293 g/mol. The van der Waals surface area contributed by atoms with E-state index in [2.05, 4.69) is 5.32 Å². The van der Waals surface area contributed by atoms with E-state index in [1.54, 1.807) is 0 Å². The van der Waals surface area contributed by atoms with Gasteiger partial charge in [0.25, 0.3) is 11.6 Å². The highest BCUT2D eigenvalue weighted by Crippen LogP contribution is 2.27. The normalized spacial score (nSPS) is 21.0. The van der Waals surface area contributed by atoms with Crippen LogP contribution in [0.25, 0.3) is 0 Å². The minimum Gasteiger partial charge on any atom is -0.497 e. The molecule has 1 fully saturated rings. The number of carbonyl (C=O) groups excluding carboxylic acids is 1. The number of nitrogens with two attached hydrogens (primary N) is 1. The van der Waals surface area contributed by atoms with Crippen molar-refractivity contribution in [1.82, 2.24) is 5.32 Å². The molecule has 0 radical (unpaired) electrons. The molecule has 3 N–H and O–H groups in total. The summed E-state index contributed by atoms with van der Waals surface area (Å²) in [5, 5.41) is 13.9. The van der Waals surface area contributed by atoms with Crippen LogP contribution in [0.15, 0.2) is 18.2 Å². The topological polar surface area (TPSA) is 107 Å².